The Kier molecular flexibility index (Phi) is 9.39. The number of hydrogen-bond donors (Lipinski definition) is 0. The van der Waals surface area contributed by atoms with Gasteiger partial charge in [0, 0.05) is 37.1 Å². The molecule has 1 aromatic heterocycles. The first-order valence-corrected chi connectivity index (χ1v) is 12.0. The molecule has 0 radical (unpaired) electrons. The predicted molar refractivity (Wildman–Crippen MR) is 128 cm³/mol. The number of anilines is 1. The number of fused-ring (bicyclic) bond motifs is 1. The van der Waals surface area contributed by atoms with Gasteiger partial charge in [0.2, 0.25) is 5.91 Å². The van der Waals surface area contributed by atoms with Crippen molar-refractivity contribution in [2.24, 2.45) is 0 Å². The molecule has 1 aliphatic heterocycles. The molecule has 1 aliphatic rings. The summed E-state index contributed by atoms with van der Waals surface area (Å²) in [5.41, 5.74) is 0.0589. The van der Waals surface area contributed by atoms with Crippen molar-refractivity contribution in [2.75, 3.05) is 50.0 Å². The molecule has 0 bridgehead atoms. The topological polar surface area (TPSA) is 45.7 Å². The van der Waals surface area contributed by atoms with Gasteiger partial charge >= 0.3 is 0 Å². The van der Waals surface area contributed by atoms with Gasteiger partial charge in [0.25, 0.3) is 0 Å². The maximum Gasteiger partial charge on any atom is 0.239 e. The molecule has 4 rings (SSSR count). The minimum atomic E-state index is -0.746. The van der Waals surface area contributed by atoms with Crippen molar-refractivity contribution in [1.29, 1.82) is 0 Å². The number of nitrogens with zero attached hydrogens (tertiary/aromatic N) is 3. The van der Waals surface area contributed by atoms with E-state index in [1.54, 1.807) is 17.0 Å². The van der Waals surface area contributed by atoms with E-state index in [1.807, 2.05) is 0 Å². The number of benzene rings is 2. The zero-order valence-electron chi connectivity index (χ0n) is 17.6. The van der Waals surface area contributed by atoms with E-state index in [1.165, 1.54) is 30.0 Å². The first-order chi connectivity index (χ1) is 15.5. The number of thioether (sulfide) groups is 1. The second-order valence-corrected chi connectivity index (χ2v) is 9.38. The van der Waals surface area contributed by atoms with Crippen molar-refractivity contribution in [2.45, 2.75) is 11.3 Å². The lowest BCUT2D eigenvalue weighted by atomic mass is 10.3. The summed E-state index contributed by atoms with van der Waals surface area (Å²) in [6, 6.07) is 7.94. The number of carbonyl (C=O) groups is 1. The van der Waals surface area contributed by atoms with Crippen LogP contribution in [0.5, 0.6) is 0 Å². The van der Waals surface area contributed by atoms with Gasteiger partial charge in [-0.1, -0.05) is 11.3 Å². The molecule has 0 unspecified atom stereocenters. The van der Waals surface area contributed by atoms with E-state index in [9.17, 15) is 18.0 Å². The third kappa shape index (κ3) is 6.83. The summed E-state index contributed by atoms with van der Waals surface area (Å²) >= 11 is 2.39. The third-order valence-electron chi connectivity index (χ3n) is 5.07. The Morgan fingerprint density at radius 3 is 2.58 bits per heavy atom. The minimum Gasteiger partial charge on any atom is -0.379 e. The average Bonchev–Trinajstić information content (AvgIpc) is 3.21. The zero-order valence-corrected chi connectivity index (χ0v) is 20.1. The van der Waals surface area contributed by atoms with Crippen molar-refractivity contribution in [1.82, 2.24) is 9.88 Å². The number of aromatic nitrogens is 1. The Morgan fingerprint density at radius 2 is 1.85 bits per heavy atom. The summed E-state index contributed by atoms with van der Waals surface area (Å²) in [7, 11) is 0. The maximum absolute atomic E-state index is 14.2. The molecule has 1 saturated heterocycles. The van der Waals surface area contributed by atoms with Crippen molar-refractivity contribution >= 4 is 56.8 Å². The quantitative estimate of drug-likeness (QED) is 0.394. The number of thiazole rings is 1. The fourth-order valence-corrected chi connectivity index (χ4v) is 5.24. The van der Waals surface area contributed by atoms with Crippen LogP contribution in [0.1, 0.15) is 6.42 Å². The highest BCUT2D eigenvalue weighted by Gasteiger charge is 2.22. The van der Waals surface area contributed by atoms with Gasteiger partial charge in [-0.25, -0.2) is 18.2 Å². The number of amides is 1. The van der Waals surface area contributed by atoms with Crippen LogP contribution in [0.25, 0.3) is 10.2 Å². The Balaban J connectivity index is 0.00000306. The van der Waals surface area contributed by atoms with E-state index in [0.29, 0.717) is 36.0 Å². The molecular weight excluding hydrogens is 495 g/mol. The van der Waals surface area contributed by atoms with E-state index in [4.69, 9.17) is 4.74 Å². The minimum absolute atomic E-state index is 0. The largest absolute Gasteiger partial charge is 0.379 e. The van der Waals surface area contributed by atoms with Crippen LogP contribution in [-0.4, -0.2) is 60.9 Å². The highest BCUT2D eigenvalue weighted by Crippen LogP contribution is 2.32. The molecule has 0 atom stereocenters. The molecule has 0 saturated carbocycles. The summed E-state index contributed by atoms with van der Waals surface area (Å²) in [6.45, 7) is 4.29. The van der Waals surface area contributed by atoms with Crippen molar-refractivity contribution < 1.29 is 22.7 Å². The summed E-state index contributed by atoms with van der Waals surface area (Å²) in [5.74, 6) is -1.84. The molecule has 11 heteroatoms. The molecule has 0 aliphatic carbocycles. The van der Waals surface area contributed by atoms with Crippen molar-refractivity contribution in [3.63, 3.8) is 0 Å². The summed E-state index contributed by atoms with van der Waals surface area (Å²) in [4.78, 5) is 22.0. The van der Waals surface area contributed by atoms with E-state index >= 15 is 0 Å². The van der Waals surface area contributed by atoms with Crippen LogP contribution in [0.15, 0.2) is 41.3 Å². The van der Waals surface area contributed by atoms with Gasteiger partial charge in [-0.15, -0.1) is 24.2 Å². The van der Waals surface area contributed by atoms with Gasteiger partial charge in [-0.2, -0.15) is 0 Å². The number of ether oxygens (including phenoxy) is 1. The predicted octanol–water partition coefficient (Wildman–Crippen LogP) is 4.98. The molecule has 0 spiro atoms. The first kappa shape index (κ1) is 25.8. The van der Waals surface area contributed by atoms with Crippen LogP contribution in [0, 0.1) is 17.5 Å². The van der Waals surface area contributed by atoms with E-state index in [2.05, 4.69) is 9.88 Å². The number of halogens is 4. The highest BCUT2D eigenvalue weighted by molar-refractivity contribution is 8.00. The van der Waals surface area contributed by atoms with Gasteiger partial charge in [0.15, 0.2) is 10.9 Å². The molecule has 178 valence electrons. The van der Waals surface area contributed by atoms with Crippen LogP contribution in [0.4, 0.5) is 18.3 Å². The van der Waals surface area contributed by atoms with Gasteiger partial charge in [-0.3, -0.25) is 14.6 Å². The fraction of sp³-hybridized carbons (Fsp3) is 0.364. The van der Waals surface area contributed by atoms with Gasteiger partial charge in [0.05, 0.1) is 23.7 Å². The number of carbonyl (C=O) groups excluding carboxylic acids is 1. The number of rotatable bonds is 8. The second kappa shape index (κ2) is 12.0. The smallest absolute Gasteiger partial charge is 0.239 e. The second-order valence-electron chi connectivity index (χ2n) is 7.33. The normalized spacial score (nSPS) is 14.3. The standard InChI is InChI=1S/C22H22F3N3O2S2.ClH/c23-15-2-4-17(5-3-15)31-14-20(29)28(7-1-6-27-8-10-30-11-9-27)22-26-21-18(25)12-16(24)13-19(21)32-22;/h2-5,12-13H,1,6-11,14H2;1H. The van der Waals surface area contributed by atoms with Crippen LogP contribution >= 0.6 is 35.5 Å². The number of hydrogen-bond acceptors (Lipinski definition) is 6. The van der Waals surface area contributed by atoms with E-state index in [-0.39, 0.29) is 35.4 Å². The van der Waals surface area contributed by atoms with Gasteiger partial charge < -0.3 is 4.74 Å². The number of morpholine rings is 1. The molecular formula is C22H23ClF3N3O2S2. The fourth-order valence-electron chi connectivity index (χ4n) is 3.42. The molecule has 5 nitrogen and oxygen atoms in total. The average molecular weight is 518 g/mol. The van der Waals surface area contributed by atoms with Crippen LogP contribution in [0.2, 0.25) is 0 Å². The Hall–Kier alpha value is -1.85. The molecule has 33 heavy (non-hydrogen) atoms. The zero-order chi connectivity index (χ0) is 22.5. The van der Waals surface area contributed by atoms with Crippen LogP contribution in [0.3, 0.4) is 0 Å². The van der Waals surface area contributed by atoms with Gasteiger partial charge in [0.1, 0.15) is 17.2 Å². The Labute approximate surface area is 204 Å². The molecule has 1 amide bonds. The SMILES string of the molecule is Cl.O=C(CSc1ccc(F)cc1)N(CCCN1CCOCC1)c1nc2c(F)cc(F)cc2s1. The lowest BCUT2D eigenvalue weighted by Gasteiger charge is -2.27. The molecule has 1 fully saturated rings. The third-order valence-corrected chi connectivity index (χ3v) is 7.09. The first-order valence-electron chi connectivity index (χ1n) is 10.2. The summed E-state index contributed by atoms with van der Waals surface area (Å²) in [6.07, 6.45) is 0.708. The molecule has 2 aromatic carbocycles. The lowest BCUT2D eigenvalue weighted by molar-refractivity contribution is -0.116. The lowest BCUT2D eigenvalue weighted by Crippen LogP contribution is -2.39. The van der Waals surface area contributed by atoms with Crippen LogP contribution in [-0.2, 0) is 9.53 Å². The summed E-state index contributed by atoms with van der Waals surface area (Å²) in [5, 5.41) is 0.344. The van der Waals surface area contributed by atoms with E-state index in [0.717, 1.165) is 41.9 Å². The molecule has 2 heterocycles. The van der Waals surface area contributed by atoms with Crippen molar-refractivity contribution in [3.8, 4) is 0 Å². The molecule has 0 N–H and O–H groups in total. The Bertz CT molecular complexity index is 1080. The van der Waals surface area contributed by atoms with Crippen molar-refractivity contribution in [3.05, 3.63) is 53.8 Å². The van der Waals surface area contributed by atoms with Crippen LogP contribution < -0.4 is 4.90 Å². The monoisotopic (exact) mass is 517 g/mol. The molecule has 3 aromatic rings. The summed E-state index contributed by atoms with van der Waals surface area (Å²) < 4.78 is 46.6. The highest BCUT2D eigenvalue weighted by atomic mass is 35.5. The Morgan fingerprint density at radius 1 is 1.12 bits per heavy atom. The van der Waals surface area contributed by atoms with Gasteiger partial charge in [-0.05, 0) is 36.8 Å². The maximum atomic E-state index is 14.2. The van der Waals surface area contributed by atoms with E-state index < -0.39 is 11.6 Å².